The Morgan fingerprint density at radius 3 is 2.50 bits per heavy atom. The predicted molar refractivity (Wildman–Crippen MR) is 76.2 cm³/mol. The third-order valence-electron chi connectivity index (χ3n) is 3.93. The van der Waals surface area contributed by atoms with Gasteiger partial charge in [0.2, 0.25) is 0 Å². The summed E-state index contributed by atoms with van der Waals surface area (Å²) in [4.78, 5) is 14.4. The van der Waals surface area contributed by atoms with Crippen LogP contribution in [0, 0.1) is 13.8 Å². The molecule has 0 bridgehead atoms. The second-order valence-corrected chi connectivity index (χ2v) is 5.32. The van der Waals surface area contributed by atoms with Crippen molar-refractivity contribution in [2.24, 2.45) is 7.05 Å². The van der Waals surface area contributed by atoms with Gasteiger partial charge in [-0.15, -0.1) is 0 Å². The SMILES string of the molecule is CCCC(C)N(C)CC(=O)c1cc(C)n(C)c1C. The lowest BCUT2D eigenvalue weighted by Crippen LogP contribution is -2.34. The van der Waals surface area contributed by atoms with Crippen LogP contribution in [0.15, 0.2) is 6.07 Å². The maximum absolute atomic E-state index is 12.3. The van der Waals surface area contributed by atoms with Gasteiger partial charge in [0.15, 0.2) is 5.78 Å². The molecule has 0 amide bonds. The molecule has 0 aliphatic heterocycles. The highest BCUT2D eigenvalue weighted by Gasteiger charge is 2.17. The number of carbonyl (C=O) groups is 1. The van der Waals surface area contributed by atoms with Crippen molar-refractivity contribution >= 4 is 5.78 Å². The van der Waals surface area contributed by atoms with Crippen LogP contribution in [0.3, 0.4) is 0 Å². The quantitative estimate of drug-likeness (QED) is 0.725. The second-order valence-electron chi connectivity index (χ2n) is 5.32. The Morgan fingerprint density at radius 2 is 2.06 bits per heavy atom. The maximum Gasteiger partial charge on any atom is 0.178 e. The van der Waals surface area contributed by atoms with Gasteiger partial charge in [0.25, 0.3) is 0 Å². The molecule has 0 spiro atoms. The minimum absolute atomic E-state index is 0.224. The van der Waals surface area contributed by atoms with E-state index in [9.17, 15) is 4.79 Å². The second kappa shape index (κ2) is 6.19. The van der Waals surface area contributed by atoms with Gasteiger partial charge in [-0.3, -0.25) is 9.69 Å². The Labute approximate surface area is 111 Å². The molecule has 1 aromatic heterocycles. The fourth-order valence-electron chi connectivity index (χ4n) is 2.24. The number of aryl methyl sites for hydroxylation is 1. The van der Waals surface area contributed by atoms with Crippen molar-refractivity contribution in [3.63, 3.8) is 0 Å². The van der Waals surface area contributed by atoms with E-state index in [2.05, 4.69) is 23.3 Å². The summed E-state index contributed by atoms with van der Waals surface area (Å²) in [6, 6.07) is 2.46. The zero-order valence-electron chi connectivity index (χ0n) is 12.6. The number of aromatic nitrogens is 1. The molecule has 0 saturated heterocycles. The summed E-state index contributed by atoms with van der Waals surface area (Å²) < 4.78 is 2.07. The van der Waals surface area contributed by atoms with Gasteiger partial charge in [-0.1, -0.05) is 13.3 Å². The summed E-state index contributed by atoms with van der Waals surface area (Å²) in [5.41, 5.74) is 3.07. The van der Waals surface area contributed by atoms with Crippen LogP contribution in [-0.2, 0) is 7.05 Å². The molecule has 0 aliphatic carbocycles. The fourth-order valence-corrected chi connectivity index (χ4v) is 2.24. The highest BCUT2D eigenvalue weighted by Crippen LogP contribution is 2.15. The van der Waals surface area contributed by atoms with Crippen LogP contribution in [0.4, 0.5) is 0 Å². The molecule has 1 atom stereocenters. The first-order valence-electron chi connectivity index (χ1n) is 6.74. The topological polar surface area (TPSA) is 25.2 Å². The Balaban J connectivity index is 2.73. The van der Waals surface area contributed by atoms with Crippen LogP contribution in [0.2, 0.25) is 0 Å². The number of Topliss-reactive ketones (excluding diaryl/α,β-unsaturated/α-hetero) is 1. The van der Waals surface area contributed by atoms with Crippen molar-refractivity contribution < 1.29 is 4.79 Å². The maximum atomic E-state index is 12.3. The fraction of sp³-hybridized carbons (Fsp3) is 0.667. The molecular weight excluding hydrogens is 224 g/mol. The standard InChI is InChI=1S/C15H26N2O/c1-7-8-11(2)16(5)10-15(18)14-9-12(3)17(6)13(14)4/h9,11H,7-8,10H2,1-6H3. The highest BCUT2D eigenvalue weighted by atomic mass is 16.1. The van der Waals surface area contributed by atoms with Crippen molar-refractivity contribution in [2.45, 2.75) is 46.6 Å². The zero-order valence-corrected chi connectivity index (χ0v) is 12.6. The number of likely N-dealkylation sites (N-methyl/N-ethyl adjacent to an activating group) is 1. The van der Waals surface area contributed by atoms with E-state index in [0.29, 0.717) is 12.6 Å². The molecule has 0 aromatic carbocycles. The Kier molecular flexibility index (Phi) is 5.15. The van der Waals surface area contributed by atoms with E-state index in [0.717, 1.165) is 29.8 Å². The smallest absolute Gasteiger partial charge is 0.178 e. The van der Waals surface area contributed by atoms with E-state index >= 15 is 0 Å². The molecule has 1 rings (SSSR count). The molecular formula is C15H26N2O. The van der Waals surface area contributed by atoms with Gasteiger partial charge < -0.3 is 4.57 Å². The lowest BCUT2D eigenvalue weighted by molar-refractivity contribution is 0.0920. The lowest BCUT2D eigenvalue weighted by atomic mass is 10.1. The van der Waals surface area contributed by atoms with E-state index in [1.165, 1.54) is 0 Å². The average molecular weight is 250 g/mol. The van der Waals surface area contributed by atoms with Gasteiger partial charge in [-0.2, -0.15) is 0 Å². The zero-order chi connectivity index (χ0) is 13.9. The van der Waals surface area contributed by atoms with E-state index in [1.807, 2.05) is 34.0 Å². The van der Waals surface area contributed by atoms with Crippen molar-refractivity contribution in [1.82, 2.24) is 9.47 Å². The number of carbonyl (C=O) groups excluding carboxylic acids is 1. The first-order chi connectivity index (χ1) is 8.38. The average Bonchev–Trinajstić information content (AvgIpc) is 2.57. The van der Waals surface area contributed by atoms with E-state index < -0.39 is 0 Å². The van der Waals surface area contributed by atoms with Gasteiger partial charge in [-0.05, 0) is 40.3 Å². The largest absolute Gasteiger partial charge is 0.351 e. The monoisotopic (exact) mass is 250 g/mol. The summed E-state index contributed by atoms with van der Waals surface area (Å²) in [7, 11) is 4.04. The van der Waals surface area contributed by atoms with Crippen molar-refractivity contribution in [3.05, 3.63) is 23.0 Å². The Morgan fingerprint density at radius 1 is 1.44 bits per heavy atom. The molecule has 18 heavy (non-hydrogen) atoms. The van der Waals surface area contributed by atoms with E-state index in [1.54, 1.807) is 0 Å². The summed E-state index contributed by atoms with van der Waals surface area (Å²) in [6.07, 6.45) is 2.29. The number of nitrogens with zero attached hydrogens (tertiary/aromatic N) is 2. The van der Waals surface area contributed by atoms with Crippen molar-refractivity contribution in [3.8, 4) is 0 Å². The molecule has 0 radical (unpaired) electrons. The summed E-state index contributed by atoms with van der Waals surface area (Å²) in [5, 5.41) is 0. The number of ketones is 1. The minimum Gasteiger partial charge on any atom is -0.351 e. The minimum atomic E-state index is 0.224. The lowest BCUT2D eigenvalue weighted by Gasteiger charge is -2.23. The first kappa shape index (κ1) is 15.0. The van der Waals surface area contributed by atoms with Gasteiger partial charge >= 0.3 is 0 Å². The Bertz CT molecular complexity index is 420. The number of hydrogen-bond acceptors (Lipinski definition) is 2. The van der Waals surface area contributed by atoms with Crippen LogP contribution < -0.4 is 0 Å². The van der Waals surface area contributed by atoms with Crippen molar-refractivity contribution in [2.75, 3.05) is 13.6 Å². The molecule has 0 fully saturated rings. The van der Waals surface area contributed by atoms with Crippen molar-refractivity contribution in [1.29, 1.82) is 0 Å². The molecule has 3 heteroatoms. The normalized spacial score (nSPS) is 13.1. The van der Waals surface area contributed by atoms with Crippen LogP contribution in [-0.4, -0.2) is 34.9 Å². The summed E-state index contributed by atoms with van der Waals surface area (Å²) in [6.45, 7) is 8.91. The predicted octanol–water partition coefficient (Wildman–Crippen LogP) is 2.95. The van der Waals surface area contributed by atoms with Crippen LogP contribution in [0.1, 0.15) is 48.4 Å². The molecule has 0 aliphatic rings. The molecule has 1 heterocycles. The highest BCUT2D eigenvalue weighted by molar-refractivity contribution is 5.99. The number of rotatable bonds is 6. The van der Waals surface area contributed by atoms with E-state index in [-0.39, 0.29) is 5.78 Å². The van der Waals surface area contributed by atoms with Crippen LogP contribution in [0.25, 0.3) is 0 Å². The third-order valence-corrected chi connectivity index (χ3v) is 3.93. The molecule has 102 valence electrons. The first-order valence-corrected chi connectivity index (χ1v) is 6.74. The van der Waals surface area contributed by atoms with Gasteiger partial charge in [0.1, 0.15) is 0 Å². The number of hydrogen-bond donors (Lipinski definition) is 0. The van der Waals surface area contributed by atoms with Gasteiger partial charge in [0.05, 0.1) is 6.54 Å². The van der Waals surface area contributed by atoms with Crippen LogP contribution in [0.5, 0.6) is 0 Å². The summed E-state index contributed by atoms with van der Waals surface area (Å²) in [5.74, 6) is 0.224. The summed E-state index contributed by atoms with van der Waals surface area (Å²) >= 11 is 0. The third kappa shape index (κ3) is 3.22. The van der Waals surface area contributed by atoms with E-state index in [4.69, 9.17) is 0 Å². The molecule has 3 nitrogen and oxygen atoms in total. The molecule has 0 N–H and O–H groups in total. The Hall–Kier alpha value is -1.09. The van der Waals surface area contributed by atoms with Gasteiger partial charge in [0, 0.05) is 30.0 Å². The van der Waals surface area contributed by atoms with Gasteiger partial charge in [-0.25, -0.2) is 0 Å². The van der Waals surface area contributed by atoms with Crippen LogP contribution >= 0.6 is 0 Å². The molecule has 0 saturated carbocycles. The molecule has 1 aromatic rings. The molecule has 1 unspecified atom stereocenters.